The third-order valence-corrected chi connectivity index (χ3v) is 6.64. The monoisotopic (exact) mass is 408 g/mol. The van der Waals surface area contributed by atoms with Crippen LogP contribution in [-0.2, 0) is 10.0 Å². The summed E-state index contributed by atoms with van der Waals surface area (Å²) in [6, 6.07) is 12.4. The van der Waals surface area contributed by atoms with Crippen LogP contribution < -0.4 is 9.47 Å². The number of halogens is 1. The Morgan fingerprint density at radius 3 is 2.14 bits per heavy atom. The number of methoxy groups -OCH3 is 1. The second kappa shape index (κ2) is 9.36. The molecule has 2 aromatic carbocycles. The molecule has 0 atom stereocenters. The van der Waals surface area contributed by atoms with E-state index in [4.69, 9.17) is 9.47 Å². The Labute approximate surface area is 165 Å². The number of rotatable bonds is 8. The molecule has 0 radical (unpaired) electrons. The van der Waals surface area contributed by atoms with E-state index in [2.05, 4.69) is 4.90 Å². The Bertz CT molecular complexity index is 849. The van der Waals surface area contributed by atoms with Gasteiger partial charge in [0.25, 0.3) is 0 Å². The van der Waals surface area contributed by atoms with Crippen molar-refractivity contribution in [2.24, 2.45) is 0 Å². The predicted molar refractivity (Wildman–Crippen MR) is 105 cm³/mol. The molecule has 0 amide bonds. The zero-order valence-electron chi connectivity index (χ0n) is 15.9. The van der Waals surface area contributed by atoms with E-state index in [1.165, 1.54) is 16.4 Å². The molecule has 0 unspecified atom stereocenters. The summed E-state index contributed by atoms with van der Waals surface area (Å²) < 4.78 is 50.6. The zero-order valence-corrected chi connectivity index (χ0v) is 16.7. The second-order valence-corrected chi connectivity index (χ2v) is 8.52. The molecule has 1 aliphatic heterocycles. The van der Waals surface area contributed by atoms with E-state index in [1.54, 1.807) is 43.5 Å². The van der Waals surface area contributed by atoms with E-state index in [0.717, 1.165) is 13.0 Å². The summed E-state index contributed by atoms with van der Waals surface area (Å²) in [7, 11) is -1.93. The van der Waals surface area contributed by atoms with Crippen LogP contribution in [0.15, 0.2) is 53.4 Å². The molecular weight excluding hydrogens is 383 g/mol. The molecule has 1 saturated heterocycles. The lowest BCUT2D eigenvalue weighted by atomic mass is 10.3. The molecule has 28 heavy (non-hydrogen) atoms. The topological polar surface area (TPSA) is 59.1 Å². The maximum atomic E-state index is 12.9. The van der Waals surface area contributed by atoms with Crippen LogP contribution >= 0.6 is 0 Å². The van der Waals surface area contributed by atoms with Crippen molar-refractivity contribution in [3.05, 3.63) is 54.3 Å². The van der Waals surface area contributed by atoms with E-state index >= 15 is 0 Å². The molecule has 3 rings (SSSR count). The van der Waals surface area contributed by atoms with E-state index in [1.807, 2.05) is 0 Å². The highest BCUT2D eigenvalue weighted by Gasteiger charge is 2.28. The molecule has 0 spiro atoms. The van der Waals surface area contributed by atoms with Crippen LogP contribution in [0.25, 0.3) is 0 Å². The molecule has 0 aromatic heterocycles. The molecule has 8 heteroatoms. The van der Waals surface area contributed by atoms with E-state index in [0.29, 0.717) is 44.3 Å². The molecular formula is C20H25FN2O4S. The number of hydrogen-bond donors (Lipinski definition) is 0. The molecule has 0 bridgehead atoms. The van der Waals surface area contributed by atoms with Crippen LogP contribution in [0.3, 0.4) is 0 Å². The van der Waals surface area contributed by atoms with Gasteiger partial charge in [0.2, 0.25) is 10.0 Å². The van der Waals surface area contributed by atoms with Gasteiger partial charge in [-0.05, 0) is 55.0 Å². The number of nitrogens with zero attached hydrogens (tertiary/aromatic N) is 2. The van der Waals surface area contributed by atoms with Crippen LogP contribution in [0.2, 0.25) is 0 Å². The lowest BCUT2D eigenvalue weighted by Gasteiger charge is -2.33. The van der Waals surface area contributed by atoms with Gasteiger partial charge in [0.15, 0.2) is 0 Å². The first kappa shape index (κ1) is 20.6. The average Bonchev–Trinajstić information content (AvgIpc) is 2.73. The van der Waals surface area contributed by atoms with Gasteiger partial charge in [-0.1, -0.05) is 0 Å². The standard InChI is InChI=1S/C20H25FN2O4S/c1-26-18-7-9-20(10-8-18)28(24,25)23-14-12-22(13-15-23)11-2-16-27-19-5-3-17(21)4-6-19/h3-10H,2,11-16H2,1H3. The minimum Gasteiger partial charge on any atom is -0.497 e. The summed E-state index contributed by atoms with van der Waals surface area (Å²) in [5, 5.41) is 0. The van der Waals surface area contributed by atoms with Crippen LogP contribution in [-0.4, -0.2) is 64.1 Å². The SMILES string of the molecule is COc1ccc(S(=O)(=O)N2CCN(CCCOc3ccc(F)cc3)CC2)cc1. The van der Waals surface area contributed by atoms with Crippen molar-refractivity contribution >= 4 is 10.0 Å². The number of hydrogen-bond acceptors (Lipinski definition) is 5. The molecule has 0 aliphatic carbocycles. The fraction of sp³-hybridized carbons (Fsp3) is 0.400. The highest BCUT2D eigenvalue weighted by atomic mass is 32.2. The van der Waals surface area contributed by atoms with E-state index in [-0.39, 0.29) is 10.7 Å². The maximum absolute atomic E-state index is 12.9. The molecule has 2 aromatic rings. The van der Waals surface area contributed by atoms with Gasteiger partial charge in [-0.25, -0.2) is 12.8 Å². The number of piperazine rings is 1. The minimum absolute atomic E-state index is 0.283. The van der Waals surface area contributed by atoms with Gasteiger partial charge in [-0.2, -0.15) is 4.31 Å². The summed E-state index contributed by atoms with van der Waals surface area (Å²) in [6.45, 7) is 3.67. The van der Waals surface area contributed by atoms with Gasteiger partial charge in [0.1, 0.15) is 17.3 Å². The normalized spacial score (nSPS) is 16.1. The van der Waals surface area contributed by atoms with Crippen molar-refractivity contribution in [3.8, 4) is 11.5 Å². The largest absolute Gasteiger partial charge is 0.497 e. The summed E-state index contributed by atoms with van der Waals surface area (Å²) in [4.78, 5) is 2.52. The van der Waals surface area contributed by atoms with Gasteiger partial charge < -0.3 is 14.4 Å². The zero-order chi connectivity index (χ0) is 20.0. The van der Waals surface area contributed by atoms with Crippen molar-refractivity contribution in [3.63, 3.8) is 0 Å². The second-order valence-electron chi connectivity index (χ2n) is 6.58. The summed E-state index contributed by atoms with van der Waals surface area (Å²) in [6.07, 6.45) is 0.822. The van der Waals surface area contributed by atoms with Gasteiger partial charge in [0, 0.05) is 32.7 Å². The van der Waals surface area contributed by atoms with Gasteiger partial charge in [-0.15, -0.1) is 0 Å². The third-order valence-electron chi connectivity index (χ3n) is 4.73. The van der Waals surface area contributed by atoms with Crippen LogP contribution in [0.1, 0.15) is 6.42 Å². The Hall–Kier alpha value is -2.16. The molecule has 1 heterocycles. The van der Waals surface area contributed by atoms with Crippen molar-refractivity contribution < 1.29 is 22.3 Å². The van der Waals surface area contributed by atoms with Crippen LogP contribution in [0.5, 0.6) is 11.5 Å². The molecule has 152 valence electrons. The number of benzene rings is 2. The van der Waals surface area contributed by atoms with Crippen LogP contribution in [0.4, 0.5) is 4.39 Å². The summed E-state index contributed by atoms with van der Waals surface area (Å²) >= 11 is 0. The summed E-state index contributed by atoms with van der Waals surface area (Å²) in [5.41, 5.74) is 0. The van der Waals surface area contributed by atoms with Crippen molar-refractivity contribution in [1.82, 2.24) is 9.21 Å². The lowest BCUT2D eigenvalue weighted by Crippen LogP contribution is -2.48. The minimum atomic E-state index is -3.48. The Morgan fingerprint density at radius 1 is 0.929 bits per heavy atom. The maximum Gasteiger partial charge on any atom is 0.243 e. The van der Waals surface area contributed by atoms with Gasteiger partial charge in [0.05, 0.1) is 18.6 Å². The van der Waals surface area contributed by atoms with Gasteiger partial charge in [-0.3, -0.25) is 0 Å². The highest BCUT2D eigenvalue weighted by Crippen LogP contribution is 2.20. The van der Waals surface area contributed by atoms with Crippen molar-refractivity contribution in [2.75, 3.05) is 46.4 Å². The number of sulfonamides is 1. The average molecular weight is 408 g/mol. The fourth-order valence-electron chi connectivity index (χ4n) is 3.10. The molecule has 1 fully saturated rings. The number of ether oxygens (including phenoxy) is 2. The van der Waals surface area contributed by atoms with Crippen LogP contribution in [0, 0.1) is 5.82 Å². The van der Waals surface area contributed by atoms with E-state index < -0.39 is 10.0 Å². The fourth-order valence-corrected chi connectivity index (χ4v) is 4.52. The Morgan fingerprint density at radius 2 is 1.54 bits per heavy atom. The smallest absolute Gasteiger partial charge is 0.243 e. The first-order valence-electron chi connectivity index (χ1n) is 9.24. The Balaban J connectivity index is 1.42. The van der Waals surface area contributed by atoms with Gasteiger partial charge >= 0.3 is 0 Å². The lowest BCUT2D eigenvalue weighted by molar-refractivity contribution is 0.174. The molecule has 0 N–H and O–H groups in total. The highest BCUT2D eigenvalue weighted by molar-refractivity contribution is 7.89. The van der Waals surface area contributed by atoms with Crippen molar-refractivity contribution in [2.45, 2.75) is 11.3 Å². The van der Waals surface area contributed by atoms with E-state index in [9.17, 15) is 12.8 Å². The third kappa shape index (κ3) is 5.21. The predicted octanol–water partition coefficient (Wildman–Crippen LogP) is 2.61. The molecule has 6 nitrogen and oxygen atoms in total. The first-order chi connectivity index (χ1) is 13.5. The molecule has 1 aliphatic rings. The molecule has 0 saturated carbocycles. The van der Waals surface area contributed by atoms with Crippen molar-refractivity contribution in [1.29, 1.82) is 0 Å². The Kier molecular flexibility index (Phi) is 6.88. The quantitative estimate of drug-likeness (QED) is 0.629. The summed E-state index contributed by atoms with van der Waals surface area (Å²) in [5.74, 6) is 0.998. The first-order valence-corrected chi connectivity index (χ1v) is 10.7.